The molecule has 2 atom stereocenters. The van der Waals surface area contributed by atoms with Crippen LogP contribution in [0.15, 0.2) is 51.9 Å². The third-order valence-electron chi connectivity index (χ3n) is 3.50. The molecule has 0 saturated carbocycles. The lowest BCUT2D eigenvalue weighted by Crippen LogP contribution is -2.33. The van der Waals surface area contributed by atoms with Crippen molar-refractivity contribution in [1.82, 2.24) is 15.2 Å². The van der Waals surface area contributed by atoms with Gasteiger partial charge in [-0.05, 0) is 32.4 Å². The molecule has 0 radical (unpaired) electrons. The number of nitrogens with zero attached hydrogens (tertiary/aromatic N) is 4. The number of thiazole rings is 1. The predicted molar refractivity (Wildman–Crippen MR) is 105 cm³/mol. The number of aromatic nitrogens is 1. The molecule has 1 aromatic heterocycles. The summed E-state index contributed by atoms with van der Waals surface area (Å²) in [4.78, 5) is 26.6. The summed E-state index contributed by atoms with van der Waals surface area (Å²) in [5.41, 5.74) is 4.42. The van der Waals surface area contributed by atoms with Gasteiger partial charge in [-0.1, -0.05) is 18.7 Å². The molecule has 2 heterocycles. The van der Waals surface area contributed by atoms with Crippen LogP contribution in [0, 0.1) is 0 Å². The zero-order chi connectivity index (χ0) is 18.2. The van der Waals surface area contributed by atoms with E-state index in [4.69, 9.17) is 0 Å². The van der Waals surface area contributed by atoms with Crippen molar-refractivity contribution >= 4 is 34.9 Å². The molecule has 1 aliphatic rings. The van der Waals surface area contributed by atoms with Crippen molar-refractivity contribution < 1.29 is 4.79 Å². The number of hydrogen-bond acceptors (Lipinski definition) is 5. The summed E-state index contributed by atoms with van der Waals surface area (Å²) in [5, 5.41) is 4.81. The van der Waals surface area contributed by atoms with Gasteiger partial charge in [0.05, 0.1) is 17.5 Å². The molecular weight excluding hydrogens is 334 g/mol. The highest BCUT2D eigenvalue weighted by Crippen LogP contribution is 2.13. The highest BCUT2D eigenvalue weighted by atomic mass is 32.1. The minimum absolute atomic E-state index is 0.00426. The van der Waals surface area contributed by atoms with Crippen molar-refractivity contribution in [3.05, 3.63) is 47.6 Å². The average Bonchev–Trinajstić information content (AvgIpc) is 3.09. The van der Waals surface area contributed by atoms with E-state index in [2.05, 4.69) is 26.9 Å². The molecule has 7 heteroatoms. The Bertz CT molecular complexity index is 718. The largest absolute Gasteiger partial charge is 0.349 e. The minimum Gasteiger partial charge on any atom is -0.349 e. The quantitative estimate of drug-likeness (QED) is 0.463. The van der Waals surface area contributed by atoms with E-state index in [0.29, 0.717) is 0 Å². The molecular formula is C18H23N5OS. The first-order chi connectivity index (χ1) is 12.0. The van der Waals surface area contributed by atoms with Crippen LogP contribution in [0.3, 0.4) is 0 Å². The smallest absolute Gasteiger partial charge is 0.242 e. The molecule has 0 saturated heterocycles. The van der Waals surface area contributed by atoms with Gasteiger partial charge in [0.25, 0.3) is 0 Å². The highest BCUT2D eigenvalue weighted by molar-refractivity contribution is 7.07. The van der Waals surface area contributed by atoms with Crippen LogP contribution < -0.4 is 5.32 Å². The van der Waals surface area contributed by atoms with Crippen LogP contribution in [0.1, 0.15) is 26.5 Å². The van der Waals surface area contributed by atoms with Gasteiger partial charge in [-0.2, -0.15) is 0 Å². The number of hydrogen-bond donors (Lipinski definition) is 1. The summed E-state index contributed by atoms with van der Waals surface area (Å²) in [5.74, 6) is -0.138. The zero-order valence-electron chi connectivity index (χ0n) is 14.7. The summed E-state index contributed by atoms with van der Waals surface area (Å²) in [6.45, 7) is 9.86. The van der Waals surface area contributed by atoms with Crippen molar-refractivity contribution in [2.75, 3.05) is 6.54 Å². The van der Waals surface area contributed by atoms with Gasteiger partial charge in [-0.25, -0.2) is 4.98 Å². The van der Waals surface area contributed by atoms with E-state index in [1.165, 1.54) is 11.3 Å². The van der Waals surface area contributed by atoms with Gasteiger partial charge in [-0.3, -0.25) is 14.8 Å². The first-order valence-electron chi connectivity index (χ1n) is 8.00. The number of amides is 1. The zero-order valence-corrected chi connectivity index (χ0v) is 15.5. The molecule has 0 aliphatic carbocycles. The van der Waals surface area contributed by atoms with Crippen LogP contribution in [0.2, 0.25) is 0 Å². The third-order valence-corrected chi connectivity index (χ3v) is 4.08. The Kier molecular flexibility index (Phi) is 6.82. The Labute approximate surface area is 152 Å². The standard InChI is InChI=1S/C18H23N5OS/c1-13(17-10-25-12-20-17)5-6-14(2)22-18(24)9-19-11-23-8-7-15(3)21-16(23)4/h5-8,10-12,14,16H,1,9H2,2-4H3,(H,22,24)/b6-5-,19-11?. The SMILES string of the molecule is C=C(/C=C\C(C)NC(=O)CN=CN1C=CC(C)=NC1C)c1cscn1. The van der Waals surface area contributed by atoms with Crippen LogP contribution in [-0.4, -0.2) is 46.6 Å². The first-order valence-corrected chi connectivity index (χ1v) is 8.95. The van der Waals surface area contributed by atoms with Gasteiger partial charge >= 0.3 is 0 Å². The lowest BCUT2D eigenvalue weighted by atomic mass is 10.2. The number of carbonyl (C=O) groups excluding carboxylic acids is 1. The van der Waals surface area contributed by atoms with Crippen molar-refractivity contribution in [2.45, 2.75) is 33.0 Å². The molecule has 0 bridgehead atoms. The molecule has 0 aromatic carbocycles. The van der Waals surface area contributed by atoms with Gasteiger partial charge < -0.3 is 10.2 Å². The van der Waals surface area contributed by atoms with Gasteiger partial charge in [0, 0.05) is 23.3 Å². The number of nitrogens with one attached hydrogen (secondary N) is 1. The molecule has 132 valence electrons. The molecule has 25 heavy (non-hydrogen) atoms. The molecule has 1 aliphatic heterocycles. The van der Waals surface area contributed by atoms with Crippen molar-refractivity contribution in [1.29, 1.82) is 0 Å². The van der Waals surface area contributed by atoms with Crippen LogP contribution >= 0.6 is 11.3 Å². The summed E-state index contributed by atoms with van der Waals surface area (Å²) >= 11 is 1.53. The summed E-state index contributed by atoms with van der Waals surface area (Å²) < 4.78 is 0. The summed E-state index contributed by atoms with van der Waals surface area (Å²) in [6, 6.07) is -0.112. The fourth-order valence-electron chi connectivity index (χ4n) is 2.14. The van der Waals surface area contributed by atoms with E-state index in [1.807, 2.05) is 55.5 Å². The van der Waals surface area contributed by atoms with Crippen molar-refractivity contribution in [2.24, 2.45) is 9.98 Å². The number of carbonyl (C=O) groups is 1. The molecule has 1 amide bonds. The Morgan fingerprint density at radius 2 is 2.40 bits per heavy atom. The molecule has 2 unspecified atom stereocenters. The molecule has 0 fully saturated rings. The van der Waals surface area contributed by atoms with E-state index in [1.54, 1.807) is 11.8 Å². The Morgan fingerprint density at radius 3 is 3.08 bits per heavy atom. The average molecular weight is 357 g/mol. The van der Waals surface area contributed by atoms with Crippen LogP contribution in [0.4, 0.5) is 0 Å². The number of aliphatic imine (C=N–C) groups is 2. The topological polar surface area (TPSA) is 70.0 Å². The summed E-state index contributed by atoms with van der Waals surface area (Å²) in [7, 11) is 0. The second kappa shape index (κ2) is 9.08. The lowest BCUT2D eigenvalue weighted by molar-refractivity contribution is -0.120. The Hall–Kier alpha value is -2.54. The summed E-state index contributed by atoms with van der Waals surface area (Å²) in [6.07, 6.45) is 9.20. The van der Waals surface area contributed by atoms with Crippen molar-refractivity contribution in [3.8, 4) is 0 Å². The molecule has 2 rings (SSSR count). The van der Waals surface area contributed by atoms with E-state index in [-0.39, 0.29) is 24.7 Å². The van der Waals surface area contributed by atoms with E-state index < -0.39 is 0 Å². The van der Waals surface area contributed by atoms with Crippen LogP contribution in [-0.2, 0) is 4.79 Å². The van der Waals surface area contributed by atoms with Gasteiger partial charge in [0.1, 0.15) is 12.7 Å². The Morgan fingerprint density at radius 1 is 1.60 bits per heavy atom. The maximum absolute atomic E-state index is 11.9. The fourth-order valence-corrected chi connectivity index (χ4v) is 2.72. The lowest BCUT2D eigenvalue weighted by Gasteiger charge is -2.23. The van der Waals surface area contributed by atoms with E-state index >= 15 is 0 Å². The predicted octanol–water partition coefficient (Wildman–Crippen LogP) is 2.88. The van der Waals surface area contributed by atoms with Crippen LogP contribution in [0.5, 0.6) is 0 Å². The fraction of sp³-hybridized carbons (Fsp3) is 0.333. The van der Waals surface area contributed by atoms with E-state index in [9.17, 15) is 4.79 Å². The van der Waals surface area contributed by atoms with Crippen molar-refractivity contribution in [3.63, 3.8) is 0 Å². The highest BCUT2D eigenvalue weighted by Gasteiger charge is 2.10. The van der Waals surface area contributed by atoms with E-state index in [0.717, 1.165) is 17.0 Å². The number of rotatable bonds is 7. The second-order valence-corrected chi connectivity index (χ2v) is 6.45. The third kappa shape index (κ3) is 6.11. The molecule has 1 N–H and O–H groups in total. The minimum atomic E-state index is -0.138. The normalized spacial score (nSPS) is 18.6. The van der Waals surface area contributed by atoms with Gasteiger partial charge in [-0.15, -0.1) is 11.3 Å². The molecule has 1 aromatic rings. The number of allylic oxidation sites excluding steroid dienone is 3. The monoisotopic (exact) mass is 357 g/mol. The maximum Gasteiger partial charge on any atom is 0.242 e. The maximum atomic E-state index is 11.9. The Balaban J connectivity index is 1.75. The molecule has 6 nitrogen and oxygen atoms in total. The molecule has 0 spiro atoms. The van der Waals surface area contributed by atoms with Gasteiger partial charge in [0.2, 0.25) is 5.91 Å². The van der Waals surface area contributed by atoms with Gasteiger partial charge in [0.15, 0.2) is 0 Å². The second-order valence-electron chi connectivity index (χ2n) is 5.74. The van der Waals surface area contributed by atoms with Crippen LogP contribution in [0.25, 0.3) is 5.57 Å². The first kappa shape index (κ1) is 18.8.